The van der Waals surface area contributed by atoms with Crippen LogP contribution in [0, 0.1) is 6.92 Å². The Morgan fingerprint density at radius 2 is 2.24 bits per heavy atom. The number of hydrogen-bond donors (Lipinski definition) is 1. The molecule has 2 amide bonds. The topological polar surface area (TPSA) is 84.7 Å². The number of ether oxygens (including phenoxy) is 1. The average Bonchev–Trinajstić information content (AvgIpc) is 2.83. The van der Waals surface area contributed by atoms with Gasteiger partial charge in [0.05, 0.1) is 6.54 Å². The van der Waals surface area contributed by atoms with Crippen LogP contribution < -0.4 is 5.32 Å². The number of hydrogen-bond acceptors (Lipinski definition) is 5. The number of nitrogens with one attached hydrogen (secondary N) is 1. The summed E-state index contributed by atoms with van der Waals surface area (Å²) in [6, 6.07) is 1.63. The molecule has 0 spiro atoms. The maximum atomic E-state index is 12.0. The minimum Gasteiger partial charge on any atom is -0.385 e. The van der Waals surface area contributed by atoms with Gasteiger partial charge in [-0.25, -0.2) is 0 Å². The third-order valence-corrected chi connectivity index (χ3v) is 2.82. The molecule has 1 heterocycles. The zero-order valence-electron chi connectivity index (χ0n) is 12.8. The number of carbonyl (C=O) groups excluding carboxylic acids is 2. The first-order valence-electron chi connectivity index (χ1n) is 7.06. The maximum absolute atomic E-state index is 12.0. The molecule has 1 rings (SSSR count). The van der Waals surface area contributed by atoms with Gasteiger partial charge in [0, 0.05) is 32.7 Å². The number of rotatable bonds is 9. The van der Waals surface area contributed by atoms with Crippen molar-refractivity contribution in [3.05, 3.63) is 11.8 Å². The van der Waals surface area contributed by atoms with Crippen molar-refractivity contribution in [3.8, 4) is 0 Å². The quantitative estimate of drug-likeness (QED) is 0.700. The number of methoxy groups -OCH3 is 1. The van der Waals surface area contributed by atoms with Crippen LogP contribution in [0.1, 0.15) is 31.9 Å². The second kappa shape index (κ2) is 9.12. The molecule has 1 aromatic rings. The van der Waals surface area contributed by atoms with E-state index < -0.39 is 0 Å². The number of anilines is 1. The Labute approximate surface area is 124 Å². The molecule has 0 aliphatic rings. The first-order valence-corrected chi connectivity index (χ1v) is 7.06. The van der Waals surface area contributed by atoms with Crippen LogP contribution in [0.4, 0.5) is 5.82 Å². The van der Waals surface area contributed by atoms with Crippen LogP contribution >= 0.6 is 0 Å². The SMILES string of the molecule is CCCC(=O)N(CCCOC)CC(=O)Nc1cc(C)on1. The van der Waals surface area contributed by atoms with E-state index in [1.54, 1.807) is 25.0 Å². The number of carbonyl (C=O) groups is 2. The van der Waals surface area contributed by atoms with E-state index in [0.29, 0.717) is 37.6 Å². The van der Waals surface area contributed by atoms with Crippen LogP contribution in [0.3, 0.4) is 0 Å². The van der Waals surface area contributed by atoms with Gasteiger partial charge >= 0.3 is 0 Å². The second-order valence-electron chi connectivity index (χ2n) is 4.78. The van der Waals surface area contributed by atoms with E-state index in [2.05, 4.69) is 10.5 Å². The fourth-order valence-corrected chi connectivity index (χ4v) is 1.84. The summed E-state index contributed by atoms with van der Waals surface area (Å²) in [7, 11) is 1.61. The van der Waals surface area contributed by atoms with Crippen LogP contribution in [0.5, 0.6) is 0 Å². The van der Waals surface area contributed by atoms with Crippen LogP contribution in [-0.4, -0.2) is 48.7 Å². The molecule has 0 radical (unpaired) electrons. The van der Waals surface area contributed by atoms with Gasteiger partial charge in [0.1, 0.15) is 5.76 Å². The molecule has 0 aromatic carbocycles. The normalized spacial score (nSPS) is 10.4. The summed E-state index contributed by atoms with van der Waals surface area (Å²) < 4.78 is 9.85. The standard InChI is InChI=1S/C14H23N3O4/c1-4-6-14(19)17(7-5-8-20-3)10-13(18)15-12-9-11(2)21-16-12/h9H,4-8,10H2,1-3H3,(H,15,16,18). The highest BCUT2D eigenvalue weighted by Crippen LogP contribution is 2.07. The van der Waals surface area contributed by atoms with E-state index in [9.17, 15) is 9.59 Å². The van der Waals surface area contributed by atoms with E-state index in [4.69, 9.17) is 9.26 Å². The minimum absolute atomic E-state index is 0.00839. The van der Waals surface area contributed by atoms with Gasteiger partial charge in [0.2, 0.25) is 11.8 Å². The van der Waals surface area contributed by atoms with Crippen LogP contribution in [-0.2, 0) is 14.3 Å². The van der Waals surface area contributed by atoms with Gasteiger partial charge < -0.3 is 19.5 Å². The summed E-state index contributed by atoms with van der Waals surface area (Å²) in [5.74, 6) is 0.659. The third kappa shape index (κ3) is 6.40. The van der Waals surface area contributed by atoms with Crippen molar-refractivity contribution in [1.29, 1.82) is 0 Å². The summed E-state index contributed by atoms with van der Waals surface area (Å²) in [5, 5.41) is 6.30. The number of aryl methyl sites for hydroxylation is 1. The Morgan fingerprint density at radius 3 is 2.81 bits per heavy atom. The molecule has 0 fully saturated rings. The molecule has 118 valence electrons. The van der Waals surface area contributed by atoms with E-state index in [1.807, 2.05) is 6.92 Å². The van der Waals surface area contributed by atoms with Crippen molar-refractivity contribution in [2.75, 3.05) is 32.1 Å². The summed E-state index contributed by atoms with van der Waals surface area (Å²) >= 11 is 0. The molecular weight excluding hydrogens is 274 g/mol. The summed E-state index contributed by atoms with van der Waals surface area (Å²) in [6.45, 7) is 4.74. The van der Waals surface area contributed by atoms with Crippen molar-refractivity contribution < 1.29 is 18.8 Å². The van der Waals surface area contributed by atoms with Crippen molar-refractivity contribution in [3.63, 3.8) is 0 Å². The molecule has 0 aliphatic carbocycles. The van der Waals surface area contributed by atoms with Gasteiger partial charge in [-0.3, -0.25) is 9.59 Å². The second-order valence-corrected chi connectivity index (χ2v) is 4.78. The van der Waals surface area contributed by atoms with Crippen LogP contribution in [0.15, 0.2) is 10.6 Å². The molecule has 7 nitrogen and oxygen atoms in total. The molecule has 0 unspecified atom stereocenters. The smallest absolute Gasteiger partial charge is 0.245 e. The lowest BCUT2D eigenvalue weighted by atomic mass is 10.2. The van der Waals surface area contributed by atoms with Gasteiger partial charge in [-0.05, 0) is 19.8 Å². The van der Waals surface area contributed by atoms with Gasteiger partial charge in [-0.15, -0.1) is 0 Å². The Balaban J connectivity index is 2.53. The van der Waals surface area contributed by atoms with Gasteiger partial charge in [-0.2, -0.15) is 0 Å². The first-order chi connectivity index (χ1) is 10.1. The van der Waals surface area contributed by atoms with E-state index in [0.717, 1.165) is 6.42 Å². The Bertz CT molecular complexity index is 459. The van der Waals surface area contributed by atoms with Crippen molar-refractivity contribution in [2.45, 2.75) is 33.1 Å². The minimum atomic E-state index is -0.287. The Morgan fingerprint density at radius 1 is 1.48 bits per heavy atom. The molecule has 1 aromatic heterocycles. The lowest BCUT2D eigenvalue weighted by Crippen LogP contribution is -2.38. The number of nitrogens with zero attached hydrogens (tertiary/aromatic N) is 2. The van der Waals surface area contributed by atoms with E-state index in [-0.39, 0.29) is 18.4 Å². The van der Waals surface area contributed by atoms with Gasteiger partial charge in [0.25, 0.3) is 0 Å². The molecule has 0 atom stereocenters. The van der Waals surface area contributed by atoms with Gasteiger partial charge in [-0.1, -0.05) is 12.1 Å². The van der Waals surface area contributed by atoms with Crippen molar-refractivity contribution in [1.82, 2.24) is 10.1 Å². The predicted molar refractivity (Wildman–Crippen MR) is 77.9 cm³/mol. The number of amides is 2. The van der Waals surface area contributed by atoms with Gasteiger partial charge in [0.15, 0.2) is 5.82 Å². The fourth-order valence-electron chi connectivity index (χ4n) is 1.84. The van der Waals surface area contributed by atoms with E-state index in [1.165, 1.54) is 0 Å². The summed E-state index contributed by atoms with van der Waals surface area (Å²) in [5.41, 5.74) is 0. The highest BCUT2D eigenvalue weighted by molar-refractivity contribution is 5.93. The molecule has 1 N–H and O–H groups in total. The zero-order chi connectivity index (χ0) is 15.7. The van der Waals surface area contributed by atoms with Crippen LogP contribution in [0.25, 0.3) is 0 Å². The largest absolute Gasteiger partial charge is 0.385 e. The third-order valence-electron chi connectivity index (χ3n) is 2.82. The zero-order valence-corrected chi connectivity index (χ0v) is 12.8. The molecule has 21 heavy (non-hydrogen) atoms. The molecule has 7 heteroatoms. The molecule has 0 saturated carbocycles. The van der Waals surface area contributed by atoms with Crippen LogP contribution in [0.2, 0.25) is 0 Å². The highest BCUT2D eigenvalue weighted by Gasteiger charge is 2.17. The molecule has 0 aliphatic heterocycles. The highest BCUT2D eigenvalue weighted by atomic mass is 16.5. The van der Waals surface area contributed by atoms with Crippen molar-refractivity contribution >= 4 is 17.6 Å². The fraction of sp³-hybridized carbons (Fsp3) is 0.643. The molecular formula is C14H23N3O4. The maximum Gasteiger partial charge on any atom is 0.245 e. The average molecular weight is 297 g/mol. The Kier molecular flexibility index (Phi) is 7.45. The van der Waals surface area contributed by atoms with Crippen molar-refractivity contribution in [2.24, 2.45) is 0 Å². The Hall–Kier alpha value is -1.89. The first kappa shape index (κ1) is 17.2. The molecule has 0 saturated heterocycles. The predicted octanol–water partition coefficient (Wildman–Crippen LogP) is 1.59. The summed E-state index contributed by atoms with van der Waals surface area (Å²) in [6.07, 6.45) is 1.88. The number of aromatic nitrogens is 1. The lowest BCUT2D eigenvalue weighted by molar-refractivity contribution is -0.134. The lowest BCUT2D eigenvalue weighted by Gasteiger charge is -2.21. The summed E-state index contributed by atoms with van der Waals surface area (Å²) in [4.78, 5) is 25.5. The van der Waals surface area contributed by atoms with E-state index >= 15 is 0 Å². The monoisotopic (exact) mass is 297 g/mol. The molecule has 0 bridgehead atoms.